The van der Waals surface area contributed by atoms with Crippen molar-refractivity contribution in [3.63, 3.8) is 0 Å². The van der Waals surface area contributed by atoms with Crippen LogP contribution in [0.25, 0.3) is 55.0 Å². The zero-order valence-corrected chi connectivity index (χ0v) is 28.2. The summed E-state index contributed by atoms with van der Waals surface area (Å²) in [5.74, 6) is 0. The molecule has 0 N–H and O–H groups in total. The van der Waals surface area contributed by atoms with E-state index in [1.54, 1.807) is 0 Å². The van der Waals surface area contributed by atoms with Crippen molar-refractivity contribution in [3.05, 3.63) is 210 Å². The zero-order valence-electron chi connectivity index (χ0n) is 28.2. The lowest BCUT2D eigenvalue weighted by atomic mass is 9.67. The van der Waals surface area contributed by atoms with Gasteiger partial charge in [-0.05, 0) is 88.0 Å². The maximum Gasteiger partial charge on any atom is 0.137 e. The Hall–Kier alpha value is -6.84. The highest BCUT2D eigenvalue weighted by molar-refractivity contribution is 6.14. The summed E-state index contributed by atoms with van der Waals surface area (Å²) in [6.45, 7) is 0. The van der Waals surface area contributed by atoms with Gasteiger partial charge in [0.2, 0.25) is 0 Å². The zero-order chi connectivity index (χ0) is 34.2. The second-order valence-corrected chi connectivity index (χ2v) is 13.6. The summed E-state index contributed by atoms with van der Waals surface area (Å²) in [7, 11) is 0. The summed E-state index contributed by atoms with van der Waals surface area (Å²) < 4.78 is 12.7. The van der Waals surface area contributed by atoms with Crippen molar-refractivity contribution >= 4 is 60.9 Å². The molecule has 8 aromatic carbocycles. The van der Waals surface area contributed by atoms with Gasteiger partial charge in [0, 0.05) is 44.7 Å². The van der Waals surface area contributed by atoms with Crippen LogP contribution in [0, 0.1) is 0 Å². The standard InChI is InChI=1S/C49H31NO2/c1-3-11-32(12-4-1)33-21-25-36(26-22-33)50(38-29-30-40-39-15-7-8-18-43(39)51-46(40)31-38)37-27-23-35(24-28-37)49(34-13-5-2-6-14-34)41-16-9-19-44-47(41)48-42(49)17-10-20-45(48)52-44/h1-31H. The Morgan fingerprint density at radius 2 is 0.846 bits per heavy atom. The summed E-state index contributed by atoms with van der Waals surface area (Å²) in [6.07, 6.45) is 0. The minimum absolute atomic E-state index is 0.490. The van der Waals surface area contributed by atoms with Crippen molar-refractivity contribution in [1.82, 2.24) is 0 Å². The van der Waals surface area contributed by atoms with Crippen LogP contribution in [-0.4, -0.2) is 0 Å². The quantitative estimate of drug-likeness (QED) is 0.177. The molecular formula is C49H31NO2. The van der Waals surface area contributed by atoms with Crippen LogP contribution in [-0.2, 0) is 5.41 Å². The van der Waals surface area contributed by atoms with Gasteiger partial charge in [-0.2, -0.15) is 0 Å². The predicted octanol–water partition coefficient (Wildman–Crippen LogP) is 13.3. The molecule has 0 unspecified atom stereocenters. The van der Waals surface area contributed by atoms with Crippen molar-refractivity contribution < 1.29 is 8.83 Å². The van der Waals surface area contributed by atoms with Gasteiger partial charge in [0.1, 0.15) is 22.3 Å². The first kappa shape index (κ1) is 28.9. The second kappa shape index (κ2) is 11.1. The molecule has 0 spiro atoms. The number of rotatable bonds is 6. The van der Waals surface area contributed by atoms with Crippen molar-refractivity contribution in [2.24, 2.45) is 0 Å². The molecule has 52 heavy (non-hydrogen) atoms. The van der Waals surface area contributed by atoms with Crippen LogP contribution in [0.2, 0.25) is 0 Å². The fraction of sp³-hybridized carbons (Fsp3) is 0.0204. The van der Waals surface area contributed by atoms with E-state index in [-0.39, 0.29) is 0 Å². The molecule has 3 heteroatoms. The van der Waals surface area contributed by atoms with Crippen LogP contribution >= 0.6 is 0 Å². The lowest BCUT2D eigenvalue weighted by Gasteiger charge is -2.35. The van der Waals surface area contributed by atoms with Crippen molar-refractivity contribution in [2.75, 3.05) is 4.90 Å². The van der Waals surface area contributed by atoms with E-state index in [4.69, 9.17) is 8.83 Å². The first-order valence-corrected chi connectivity index (χ1v) is 17.8. The monoisotopic (exact) mass is 665 g/mol. The van der Waals surface area contributed by atoms with Crippen LogP contribution in [0.15, 0.2) is 197 Å². The number of hydrogen-bond donors (Lipinski definition) is 0. The van der Waals surface area contributed by atoms with E-state index in [0.717, 1.165) is 50.2 Å². The lowest BCUT2D eigenvalue weighted by Crippen LogP contribution is -2.29. The first-order valence-electron chi connectivity index (χ1n) is 17.8. The fourth-order valence-electron chi connectivity index (χ4n) is 8.71. The molecule has 0 bridgehead atoms. The third-order valence-electron chi connectivity index (χ3n) is 10.9. The molecule has 244 valence electrons. The van der Waals surface area contributed by atoms with Gasteiger partial charge in [-0.3, -0.25) is 0 Å². The van der Waals surface area contributed by atoms with E-state index >= 15 is 0 Å². The molecule has 0 aliphatic heterocycles. The summed E-state index contributed by atoms with van der Waals surface area (Å²) in [5.41, 5.74) is 13.6. The van der Waals surface area contributed by atoms with Crippen LogP contribution in [0.4, 0.5) is 17.1 Å². The molecule has 3 nitrogen and oxygen atoms in total. The Morgan fingerprint density at radius 3 is 1.54 bits per heavy atom. The number of hydrogen-bond acceptors (Lipinski definition) is 3. The van der Waals surface area contributed by atoms with Gasteiger partial charge in [0.15, 0.2) is 0 Å². The highest BCUT2D eigenvalue weighted by Crippen LogP contribution is 2.56. The molecular weight excluding hydrogens is 635 g/mol. The Labute approximate surface area is 300 Å². The second-order valence-electron chi connectivity index (χ2n) is 13.6. The summed E-state index contributed by atoms with van der Waals surface area (Å²) >= 11 is 0. The normalized spacial score (nSPS) is 13.2. The van der Waals surface area contributed by atoms with E-state index in [1.165, 1.54) is 44.2 Å². The van der Waals surface area contributed by atoms with Gasteiger partial charge in [-0.1, -0.05) is 127 Å². The third kappa shape index (κ3) is 4.08. The van der Waals surface area contributed by atoms with E-state index in [9.17, 15) is 0 Å². The third-order valence-corrected chi connectivity index (χ3v) is 10.9. The molecule has 0 amide bonds. The summed E-state index contributed by atoms with van der Waals surface area (Å²) in [5, 5.41) is 4.66. The van der Waals surface area contributed by atoms with E-state index in [1.807, 2.05) is 12.1 Å². The molecule has 1 aliphatic carbocycles. The van der Waals surface area contributed by atoms with Crippen LogP contribution < -0.4 is 4.90 Å². The topological polar surface area (TPSA) is 29.5 Å². The highest BCUT2D eigenvalue weighted by Gasteiger charge is 2.46. The molecule has 10 aromatic rings. The van der Waals surface area contributed by atoms with E-state index < -0.39 is 5.41 Å². The number of benzene rings is 8. The molecule has 0 atom stereocenters. The molecule has 0 saturated heterocycles. The molecule has 0 fully saturated rings. The average molecular weight is 666 g/mol. The molecule has 0 radical (unpaired) electrons. The number of anilines is 3. The van der Waals surface area contributed by atoms with Crippen LogP contribution in [0.5, 0.6) is 0 Å². The Balaban J connectivity index is 1.09. The van der Waals surface area contributed by atoms with Gasteiger partial charge in [-0.15, -0.1) is 0 Å². The van der Waals surface area contributed by atoms with Crippen molar-refractivity contribution in [2.45, 2.75) is 5.41 Å². The maximum atomic E-state index is 6.38. The smallest absolute Gasteiger partial charge is 0.137 e. The van der Waals surface area contributed by atoms with Gasteiger partial charge >= 0.3 is 0 Å². The van der Waals surface area contributed by atoms with Crippen molar-refractivity contribution in [3.8, 4) is 11.1 Å². The number of nitrogens with zero attached hydrogens (tertiary/aromatic N) is 1. The number of furan rings is 2. The van der Waals surface area contributed by atoms with E-state index in [2.05, 4.69) is 181 Å². The minimum atomic E-state index is -0.490. The Bertz CT molecular complexity index is 2880. The largest absolute Gasteiger partial charge is 0.456 e. The van der Waals surface area contributed by atoms with E-state index in [0.29, 0.717) is 0 Å². The Kier molecular flexibility index (Phi) is 6.17. The molecule has 2 aromatic heterocycles. The summed E-state index contributed by atoms with van der Waals surface area (Å²) in [4.78, 5) is 2.32. The van der Waals surface area contributed by atoms with Crippen molar-refractivity contribution in [1.29, 1.82) is 0 Å². The predicted molar refractivity (Wildman–Crippen MR) is 213 cm³/mol. The van der Waals surface area contributed by atoms with Gasteiger partial charge < -0.3 is 13.7 Å². The average Bonchev–Trinajstić information content (AvgIpc) is 3.88. The molecule has 2 heterocycles. The van der Waals surface area contributed by atoms with Gasteiger partial charge in [-0.25, -0.2) is 0 Å². The Morgan fingerprint density at radius 1 is 0.346 bits per heavy atom. The number of fused-ring (bicyclic) bond motifs is 3. The van der Waals surface area contributed by atoms with Crippen LogP contribution in [0.1, 0.15) is 22.3 Å². The first-order chi connectivity index (χ1) is 25.8. The minimum Gasteiger partial charge on any atom is -0.456 e. The fourth-order valence-corrected chi connectivity index (χ4v) is 8.71. The molecule has 0 saturated carbocycles. The molecule has 11 rings (SSSR count). The van der Waals surface area contributed by atoms with Gasteiger partial charge in [0.25, 0.3) is 0 Å². The lowest BCUT2D eigenvalue weighted by molar-refractivity contribution is 0.663. The number of para-hydroxylation sites is 1. The summed E-state index contributed by atoms with van der Waals surface area (Å²) in [6, 6.07) is 67.2. The maximum absolute atomic E-state index is 6.38. The molecule has 1 aliphatic rings. The highest BCUT2D eigenvalue weighted by atomic mass is 16.3. The SMILES string of the molecule is c1ccc(-c2ccc(N(c3ccc(C4(c5ccccc5)c5cccc6oc7cccc4c7c56)cc3)c3ccc4c(c3)oc3ccccc34)cc2)cc1. The van der Waals surface area contributed by atoms with Gasteiger partial charge in [0.05, 0.1) is 5.41 Å². The van der Waals surface area contributed by atoms with Crippen LogP contribution in [0.3, 0.4) is 0 Å².